The third-order valence-electron chi connectivity index (χ3n) is 4.53. The average Bonchev–Trinajstić information content (AvgIpc) is 2.82. The van der Waals surface area contributed by atoms with E-state index >= 15 is 0 Å². The number of carbonyl (C=O) groups excluding carboxylic acids is 1. The number of aryl methyl sites for hydroxylation is 1. The fourth-order valence-corrected chi connectivity index (χ4v) is 3.20. The second-order valence-electron chi connectivity index (χ2n) is 6.18. The Morgan fingerprint density at radius 3 is 2.77 bits per heavy atom. The van der Waals surface area contributed by atoms with Gasteiger partial charge in [0.25, 0.3) is 0 Å². The highest BCUT2D eigenvalue weighted by Gasteiger charge is 2.26. The van der Waals surface area contributed by atoms with Crippen LogP contribution in [0.2, 0.25) is 0 Å². The molecule has 1 aromatic heterocycles. The number of hydrogen-bond acceptors (Lipinski definition) is 4. The summed E-state index contributed by atoms with van der Waals surface area (Å²) in [7, 11) is 0. The third kappa shape index (κ3) is 3.46. The molecule has 0 unspecified atom stereocenters. The molecule has 2 heterocycles. The van der Waals surface area contributed by atoms with Crippen LogP contribution in [-0.4, -0.2) is 47.2 Å². The number of carbonyl (C=O) groups is 1. The molecule has 3 rings (SSSR count). The molecule has 0 N–H and O–H groups in total. The van der Waals surface area contributed by atoms with Gasteiger partial charge >= 0.3 is 0 Å². The molecular formula is C17H24N4O. The second-order valence-corrected chi connectivity index (χ2v) is 6.18. The first-order valence-corrected chi connectivity index (χ1v) is 8.23. The van der Waals surface area contributed by atoms with Crippen LogP contribution in [0.25, 0.3) is 0 Å². The predicted octanol–water partition coefficient (Wildman–Crippen LogP) is 2.18. The minimum Gasteiger partial charge on any atom is -0.353 e. The van der Waals surface area contributed by atoms with Crippen LogP contribution in [0, 0.1) is 12.8 Å². The Bertz CT molecular complexity index is 540. The Labute approximate surface area is 132 Å². The third-order valence-corrected chi connectivity index (χ3v) is 4.53. The molecule has 22 heavy (non-hydrogen) atoms. The first kappa shape index (κ1) is 15.0. The van der Waals surface area contributed by atoms with Gasteiger partial charge < -0.3 is 9.80 Å². The molecule has 0 saturated carbocycles. The Balaban J connectivity index is 1.60. The van der Waals surface area contributed by atoms with Crippen molar-refractivity contribution in [3.63, 3.8) is 0 Å². The number of rotatable bonds is 2. The monoisotopic (exact) mass is 300 g/mol. The molecule has 1 aliphatic heterocycles. The van der Waals surface area contributed by atoms with Crippen molar-refractivity contribution in [2.24, 2.45) is 5.92 Å². The van der Waals surface area contributed by atoms with Gasteiger partial charge in [-0.25, -0.2) is 0 Å². The zero-order chi connectivity index (χ0) is 15.4. The van der Waals surface area contributed by atoms with Gasteiger partial charge in [-0.1, -0.05) is 12.2 Å². The first-order valence-electron chi connectivity index (χ1n) is 8.23. The number of anilines is 1. The van der Waals surface area contributed by atoms with Crippen molar-refractivity contribution in [1.82, 2.24) is 15.1 Å². The van der Waals surface area contributed by atoms with Gasteiger partial charge in [0.1, 0.15) is 0 Å². The van der Waals surface area contributed by atoms with E-state index in [0.29, 0.717) is 5.91 Å². The van der Waals surface area contributed by atoms with Crippen molar-refractivity contribution in [1.29, 1.82) is 0 Å². The van der Waals surface area contributed by atoms with Crippen LogP contribution in [0.1, 0.15) is 31.4 Å². The Morgan fingerprint density at radius 1 is 1.14 bits per heavy atom. The van der Waals surface area contributed by atoms with Crippen molar-refractivity contribution in [3.8, 4) is 0 Å². The Morgan fingerprint density at radius 2 is 2.05 bits per heavy atom. The summed E-state index contributed by atoms with van der Waals surface area (Å²) in [5.74, 6) is 1.44. The second kappa shape index (κ2) is 6.90. The number of nitrogens with zero attached hydrogens (tertiary/aromatic N) is 4. The summed E-state index contributed by atoms with van der Waals surface area (Å²) >= 11 is 0. The Hall–Kier alpha value is -1.91. The molecule has 5 nitrogen and oxygen atoms in total. The summed E-state index contributed by atoms with van der Waals surface area (Å²) in [5.41, 5.74) is 0.931. The van der Waals surface area contributed by atoms with E-state index in [4.69, 9.17) is 0 Å². The molecule has 5 heteroatoms. The first-order chi connectivity index (χ1) is 10.7. The maximum atomic E-state index is 12.6. The summed E-state index contributed by atoms with van der Waals surface area (Å²) in [4.78, 5) is 16.9. The van der Waals surface area contributed by atoms with Crippen LogP contribution in [0.5, 0.6) is 0 Å². The molecule has 0 bridgehead atoms. The molecule has 1 atom stereocenters. The van der Waals surface area contributed by atoms with Crippen LogP contribution in [-0.2, 0) is 4.79 Å². The molecule has 0 aromatic carbocycles. The lowest BCUT2D eigenvalue weighted by Gasteiger charge is -2.27. The maximum absolute atomic E-state index is 12.6. The summed E-state index contributed by atoms with van der Waals surface area (Å²) in [5, 5.41) is 8.40. The summed E-state index contributed by atoms with van der Waals surface area (Å²) in [6.07, 6.45) is 8.27. The lowest BCUT2D eigenvalue weighted by molar-refractivity contribution is -0.135. The van der Waals surface area contributed by atoms with Crippen molar-refractivity contribution in [2.75, 3.05) is 31.1 Å². The molecule has 0 radical (unpaired) electrons. The molecular weight excluding hydrogens is 276 g/mol. The number of hydrogen-bond donors (Lipinski definition) is 0. The van der Waals surface area contributed by atoms with Crippen LogP contribution in [0.15, 0.2) is 24.3 Å². The topological polar surface area (TPSA) is 49.3 Å². The van der Waals surface area contributed by atoms with Crippen molar-refractivity contribution in [3.05, 3.63) is 30.0 Å². The molecule has 1 saturated heterocycles. The smallest absolute Gasteiger partial charge is 0.226 e. The van der Waals surface area contributed by atoms with E-state index in [1.165, 1.54) is 0 Å². The maximum Gasteiger partial charge on any atom is 0.226 e. The molecule has 2 aliphatic rings. The van der Waals surface area contributed by atoms with E-state index < -0.39 is 0 Å². The number of aromatic nitrogens is 2. The van der Waals surface area contributed by atoms with E-state index in [-0.39, 0.29) is 5.92 Å². The SMILES string of the molecule is Cc1ccc(N2CCCN(C(=O)[C@H]3CC=CCC3)CC2)nn1. The normalized spacial score (nSPS) is 22.5. The largest absolute Gasteiger partial charge is 0.353 e. The molecule has 1 aromatic rings. The van der Waals surface area contributed by atoms with E-state index in [0.717, 1.165) is 63.4 Å². The Kier molecular flexibility index (Phi) is 4.71. The van der Waals surface area contributed by atoms with Crippen molar-refractivity contribution < 1.29 is 4.79 Å². The lowest BCUT2D eigenvalue weighted by Crippen LogP contribution is -2.39. The lowest BCUT2D eigenvalue weighted by atomic mass is 9.93. The standard InChI is InChI=1S/C17H24N4O/c1-14-8-9-16(19-18-14)20-10-5-11-21(13-12-20)17(22)15-6-3-2-4-7-15/h2-3,8-9,15H,4-7,10-13H2,1H3/t15-/m0/s1. The molecule has 118 valence electrons. The van der Waals surface area contributed by atoms with Gasteiger partial charge in [-0.3, -0.25) is 4.79 Å². The predicted molar refractivity (Wildman–Crippen MR) is 86.7 cm³/mol. The molecule has 1 amide bonds. The quantitative estimate of drug-likeness (QED) is 0.786. The van der Waals surface area contributed by atoms with E-state index in [1.807, 2.05) is 24.0 Å². The van der Waals surface area contributed by atoms with E-state index in [2.05, 4.69) is 27.2 Å². The minimum absolute atomic E-state index is 0.190. The van der Waals surface area contributed by atoms with Crippen LogP contribution in [0.3, 0.4) is 0 Å². The average molecular weight is 300 g/mol. The summed E-state index contributed by atoms with van der Waals surface area (Å²) < 4.78 is 0. The van der Waals surface area contributed by atoms with Crippen LogP contribution in [0.4, 0.5) is 5.82 Å². The molecule has 1 fully saturated rings. The van der Waals surface area contributed by atoms with Gasteiger partial charge in [-0.15, -0.1) is 5.10 Å². The van der Waals surface area contributed by atoms with Crippen LogP contribution < -0.4 is 4.90 Å². The van der Waals surface area contributed by atoms with Crippen LogP contribution >= 0.6 is 0 Å². The van der Waals surface area contributed by atoms with Crippen molar-refractivity contribution >= 4 is 11.7 Å². The highest BCUT2D eigenvalue weighted by Crippen LogP contribution is 2.22. The highest BCUT2D eigenvalue weighted by molar-refractivity contribution is 5.79. The van der Waals surface area contributed by atoms with Gasteiger partial charge in [-0.05, 0) is 44.7 Å². The fraction of sp³-hybridized carbons (Fsp3) is 0.588. The van der Waals surface area contributed by atoms with Gasteiger partial charge in [0.15, 0.2) is 5.82 Å². The van der Waals surface area contributed by atoms with Gasteiger partial charge in [0.2, 0.25) is 5.91 Å². The number of allylic oxidation sites excluding steroid dienone is 2. The zero-order valence-electron chi connectivity index (χ0n) is 13.2. The minimum atomic E-state index is 0.190. The summed E-state index contributed by atoms with van der Waals surface area (Å²) in [6, 6.07) is 4.01. The fourth-order valence-electron chi connectivity index (χ4n) is 3.20. The van der Waals surface area contributed by atoms with Gasteiger partial charge in [0.05, 0.1) is 5.69 Å². The van der Waals surface area contributed by atoms with Crippen molar-refractivity contribution in [2.45, 2.75) is 32.6 Å². The molecule has 1 aliphatic carbocycles. The van der Waals surface area contributed by atoms with E-state index in [1.54, 1.807) is 0 Å². The highest BCUT2D eigenvalue weighted by atomic mass is 16.2. The van der Waals surface area contributed by atoms with Gasteiger partial charge in [0, 0.05) is 32.1 Å². The van der Waals surface area contributed by atoms with Gasteiger partial charge in [-0.2, -0.15) is 5.10 Å². The van der Waals surface area contributed by atoms with E-state index in [9.17, 15) is 4.79 Å². The summed E-state index contributed by atoms with van der Waals surface area (Å²) in [6.45, 7) is 5.36. The molecule has 0 spiro atoms. The zero-order valence-corrected chi connectivity index (χ0v) is 13.2. The number of amides is 1.